The summed E-state index contributed by atoms with van der Waals surface area (Å²) in [5, 5.41) is 0. The van der Waals surface area contributed by atoms with E-state index in [4.69, 9.17) is 17.0 Å². The summed E-state index contributed by atoms with van der Waals surface area (Å²) in [6.07, 6.45) is 3.76. The van der Waals surface area contributed by atoms with Crippen LogP contribution in [-0.4, -0.2) is 21.7 Å². The predicted octanol–water partition coefficient (Wildman–Crippen LogP) is 4.97. The Labute approximate surface area is 162 Å². The van der Waals surface area contributed by atoms with Crippen molar-refractivity contribution in [3.8, 4) is 5.75 Å². The Kier molecular flexibility index (Phi) is 4.66. The number of thiocarbonyl (C=S) groups is 1. The molecule has 26 heavy (non-hydrogen) atoms. The van der Waals surface area contributed by atoms with Crippen LogP contribution in [0, 0.1) is 0 Å². The number of thioether (sulfide) groups is 1. The van der Waals surface area contributed by atoms with Crippen LogP contribution in [-0.2, 0) is 4.79 Å². The van der Waals surface area contributed by atoms with E-state index in [0.717, 1.165) is 22.4 Å². The van der Waals surface area contributed by atoms with Crippen LogP contribution in [0.1, 0.15) is 24.2 Å². The normalized spacial score (nSPS) is 20.8. The first-order valence-corrected chi connectivity index (χ1v) is 9.67. The Balaban J connectivity index is 1.78. The SMILES string of the molecule is CCN1C(=O)C(=CC2=Cc3ccccc3OC2c2ccccc2)SC1=S. The molecule has 2 aliphatic rings. The van der Waals surface area contributed by atoms with E-state index in [-0.39, 0.29) is 12.0 Å². The molecule has 0 saturated carbocycles. The third-order valence-electron chi connectivity index (χ3n) is 4.38. The summed E-state index contributed by atoms with van der Waals surface area (Å²) in [6.45, 7) is 2.52. The van der Waals surface area contributed by atoms with Gasteiger partial charge in [0, 0.05) is 12.1 Å². The van der Waals surface area contributed by atoms with E-state index in [1.165, 1.54) is 11.8 Å². The number of nitrogens with zero attached hydrogens (tertiary/aromatic N) is 1. The van der Waals surface area contributed by atoms with Gasteiger partial charge in [0.15, 0.2) is 0 Å². The van der Waals surface area contributed by atoms with Crippen molar-refractivity contribution in [1.29, 1.82) is 0 Å². The average molecular weight is 380 g/mol. The third kappa shape index (κ3) is 3.08. The molecule has 1 unspecified atom stereocenters. The lowest BCUT2D eigenvalue weighted by Crippen LogP contribution is -2.27. The lowest BCUT2D eigenvalue weighted by molar-refractivity contribution is -0.122. The number of carbonyl (C=O) groups is 1. The summed E-state index contributed by atoms with van der Waals surface area (Å²) in [4.78, 5) is 14.9. The number of ether oxygens (including phenoxy) is 1. The molecule has 1 fully saturated rings. The lowest BCUT2D eigenvalue weighted by atomic mass is 9.95. The van der Waals surface area contributed by atoms with Crippen LogP contribution in [0.25, 0.3) is 6.08 Å². The smallest absolute Gasteiger partial charge is 0.266 e. The van der Waals surface area contributed by atoms with Gasteiger partial charge in [0.2, 0.25) is 0 Å². The molecule has 130 valence electrons. The number of carbonyl (C=O) groups excluding carboxylic acids is 1. The van der Waals surface area contributed by atoms with Gasteiger partial charge in [0.1, 0.15) is 16.2 Å². The fraction of sp³-hybridized carbons (Fsp3) is 0.143. The Morgan fingerprint density at radius 2 is 1.88 bits per heavy atom. The zero-order valence-corrected chi connectivity index (χ0v) is 15.8. The van der Waals surface area contributed by atoms with Gasteiger partial charge in [-0.2, -0.15) is 0 Å². The molecule has 2 aliphatic heterocycles. The number of para-hydroxylation sites is 1. The van der Waals surface area contributed by atoms with Gasteiger partial charge in [-0.25, -0.2) is 0 Å². The van der Waals surface area contributed by atoms with Crippen LogP contribution < -0.4 is 4.74 Å². The van der Waals surface area contributed by atoms with Gasteiger partial charge in [-0.3, -0.25) is 9.69 Å². The maximum Gasteiger partial charge on any atom is 0.266 e. The van der Waals surface area contributed by atoms with Crippen LogP contribution in [0.5, 0.6) is 5.75 Å². The van der Waals surface area contributed by atoms with Crippen LogP contribution in [0.2, 0.25) is 0 Å². The molecule has 0 aromatic heterocycles. The molecular weight excluding hydrogens is 362 g/mol. The molecule has 2 aromatic rings. The minimum atomic E-state index is -0.253. The van der Waals surface area contributed by atoms with Gasteiger partial charge in [-0.05, 0) is 36.3 Å². The monoisotopic (exact) mass is 379 g/mol. The molecule has 1 saturated heterocycles. The second-order valence-electron chi connectivity index (χ2n) is 6.02. The van der Waals surface area contributed by atoms with Crippen molar-refractivity contribution in [2.75, 3.05) is 6.54 Å². The molecule has 0 N–H and O–H groups in total. The molecule has 0 aliphatic carbocycles. The summed E-state index contributed by atoms with van der Waals surface area (Å²) >= 11 is 6.67. The molecule has 3 nitrogen and oxygen atoms in total. The zero-order chi connectivity index (χ0) is 18.1. The largest absolute Gasteiger partial charge is 0.480 e. The third-order valence-corrected chi connectivity index (χ3v) is 5.76. The molecule has 2 aromatic carbocycles. The van der Waals surface area contributed by atoms with E-state index >= 15 is 0 Å². The van der Waals surface area contributed by atoms with E-state index in [9.17, 15) is 4.79 Å². The highest BCUT2D eigenvalue weighted by Crippen LogP contribution is 2.40. The lowest BCUT2D eigenvalue weighted by Gasteiger charge is -2.26. The number of hydrogen-bond acceptors (Lipinski definition) is 4. The van der Waals surface area contributed by atoms with Crippen LogP contribution in [0.3, 0.4) is 0 Å². The molecule has 0 radical (unpaired) electrons. The van der Waals surface area contributed by atoms with E-state index in [1.54, 1.807) is 4.90 Å². The van der Waals surface area contributed by atoms with E-state index in [2.05, 4.69) is 6.08 Å². The fourth-order valence-electron chi connectivity index (χ4n) is 3.09. The van der Waals surface area contributed by atoms with Crippen molar-refractivity contribution in [3.63, 3.8) is 0 Å². The molecule has 1 atom stereocenters. The summed E-state index contributed by atoms with van der Waals surface area (Å²) in [7, 11) is 0. The van der Waals surface area contributed by atoms with Gasteiger partial charge < -0.3 is 4.74 Å². The summed E-state index contributed by atoms with van der Waals surface area (Å²) < 4.78 is 6.89. The van der Waals surface area contributed by atoms with Crippen molar-refractivity contribution in [2.45, 2.75) is 13.0 Å². The maximum atomic E-state index is 12.6. The zero-order valence-electron chi connectivity index (χ0n) is 14.2. The first-order chi connectivity index (χ1) is 12.7. The van der Waals surface area contributed by atoms with Crippen LogP contribution >= 0.6 is 24.0 Å². The van der Waals surface area contributed by atoms with Crippen molar-refractivity contribution in [2.24, 2.45) is 0 Å². The standard InChI is InChI=1S/C21H17NO2S2/c1-2-22-20(23)18(26-21(22)25)13-16-12-15-10-6-7-11-17(15)24-19(16)14-8-4-3-5-9-14/h3-13,19H,2H2,1H3. The number of rotatable bonds is 3. The molecule has 5 heteroatoms. The van der Waals surface area contributed by atoms with Crippen molar-refractivity contribution >= 4 is 40.3 Å². The Morgan fingerprint density at radius 1 is 1.15 bits per heavy atom. The Bertz CT molecular complexity index is 934. The van der Waals surface area contributed by atoms with Gasteiger partial charge >= 0.3 is 0 Å². The molecule has 0 bridgehead atoms. The van der Waals surface area contributed by atoms with E-state index in [1.807, 2.05) is 67.6 Å². The molecule has 4 rings (SSSR count). The topological polar surface area (TPSA) is 29.5 Å². The van der Waals surface area contributed by atoms with E-state index < -0.39 is 0 Å². The average Bonchev–Trinajstić information content (AvgIpc) is 2.94. The highest BCUT2D eigenvalue weighted by Gasteiger charge is 2.32. The summed E-state index contributed by atoms with van der Waals surface area (Å²) in [5.41, 5.74) is 3.01. The van der Waals surface area contributed by atoms with Crippen LogP contribution in [0.15, 0.2) is 71.2 Å². The minimum Gasteiger partial charge on any atom is -0.480 e. The number of hydrogen-bond donors (Lipinski definition) is 0. The summed E-state index contributed by atoms with van der Waals surface area (Å²) in [5.74, 6) is 0.814. The molecular formula is C21H17NO2S2. The van der Waals surface area contributed by atoms with Gasteiger partial charge in [-0.15, -0.1) is 0 Å². The summed E-state index contributed by atoms with van der Waals surface area (Å²) in [6, 6.07) is 18.0. The highest BCUT2D eigenvalue weighted by molar-refractivity contribution is 8.26. The molecule has 2 heterocycles. The maximum absolute atomic E-state index is 12.6. The second-order valence-corrected chi connectivity index (χ2v) is 7.69. The molecule has 1 amide bonds. The van der Waals surface area contributed by atoms with Gasteiger partial charge in [0.25, 0.3) is 5.91 Å². The Morgan fingerprint density at radius 3 is 2.62 bits per heavy atom. The van der Waals surface area contributed by atoms with Crippen LogP contribution in [0.4, 0.5) is 0 Å². The number of likely N-dealkylation sites (N-methyl/N-ethyl adjacent to an activating group) is 1. The Hall–Kier alpha value is -2.37. The van der Waals surface area contributed by atoms with Gasteiger partial charge in [0.05, 0.1) is 4.91 Å². The van der Waals surface area contributed by atoms with Crippen molar-refractivity contribution in [3.05, 3.63) is 82.3 Å². The van der Waals surface area contributed by atoms with E-state index in [0.29, 0.717) is 15.8 Å². The van der Waals surface area contributed by atoms with Crippen molar-refractivity contribution < 1.29 is 9.53 Å². The number of fused-ring (bicyclic) bond motifs is 1. The predicted molar refractivity (Wildman–Crippen MR) is 110 cm³/mol. The minimum absolute atomic E-state index is 0.0333. The first kappa shape index (κ1) is 17.1. The first-order valence-electron chi connectivity index (χ1n) is 8.45. The van der Waals surface area contributed by atoms with Crippen molar-refractivity contribution in [1.82, 2.24) is 4.90 Å². The molecule has 0 spiro atoms. The fourth-order valence-corrected chi connectivity index (χ4v) is 4.47. The highest BCUT2D eigenvalue weighted by atomic mass is 32.2. The van der Waals surface area contributed by atoms with Gasteiger partial charge in [-0.1, -0.05) is 72.5 Å². The second kappa shape index (κ2) is 7.09. The number of amides is 1. The number of benzene rings is 2. The quantitative estimate of drug-likeness (QED) is 0.556.